The van der Waals surface area contributed by atoms with Gasteiger partial charge in [-0.25, -0.2) is 0 Å². The second kappa shape index (κ2) is 13.0. The van der Waals surface area contributed by atoms with Gasteiger partial charge >= 0.3 is 0 Å². The van der Waals surface area contributed by atoms with Crippen molar-refractivity contribution in [1.29, 1.82) is 0 Å². The van der Waals surface area contributed by atoms with E-state index in [1.165, 1.54) is 64.7 Å². The maximum atomic E-state index is 2.36. The topological polar surface area (TPSA) is 3.24 Å². The smallest absolute Gasteiger partial charge is 0.0462 e. The molecule has 9 rings (SSSR count). The van der Waals surface area contributed by atoms with Gasteiger partial charge in [0.1, 0.15) is 0 Å². The Balaban J connectivity index is 1.08. The second-order valence-corrected chi connectivity index (χ2v) is 13.7. The molecule has 0 aliphatic rings. The Morgan fingerprint density at radius 2 is 0.540 bits per heavy atom. The molecule has 0 aliphatic carbocycles. The molecular formula is C48H33NS. The number of hydrogen-bond acceptors (Lipinski definition) is 2. The van der Waals surface area contributed by atoms with E-state index in [2.05, 4.69) is 205 Å². The van der Waals surface area contributed by atoms with E-state index in [4.69, 9.17) is 0 Å². The van der Waals surface area contributed by atoms with Gasteiger partial charge in [0.2, 0.25) is 0 Å². The monoisotopic (exact) mass is 655 g/mol. The molecule has 0 fully saturated rings. The minimum atomic E-state index is 1.11. The Morgan fingerprint density at radius 1 is 0.260 bits per heavy atom. The highest BCUT2D eigenvalue weighted by molar-refractivity contribution is 7.25. The van der Waals surface area contributed by atoms with Crippen LogP contribution in [0.4, 0.5) is 17.1 Å². The molecule has 0 spiro atoms. The van der Waals surface area contributed by atoms with Crippen LogP contribution in [-0.4, -0.2) is 0 Å². The zero-order chi connectivity index (χ0) is 33.3. The lowest BCUT2D eigenvalue weighted by molar-refractivity contribution is 1.28. The standard InChI is InChI=1S/C48H33NS/c1-4-10-34(11-5-1)37-16-24-42(25-17-37)49(43-26-18-38(19-27-43)35-12-6-2-7-13-35)44-28-20-39(21-29-44)41-23-31-48-46(33-41)45-32-40(22-30-47(45)50-48)36-14-8-3-9-15-36/h1-33H. The highest BCUT2D eigenvalue weighted by atomic mass is 32.1. The summed E-state index contributed by atoms with van der Waals surface area (Å²) in [4.78, 5) is 2.34. The van der Waals surface area contributed by atoms with E-state index in [1.54, 1.807) is 0 Å². The zero-order valence-corrected chi connectivity index (χ0v) is 28.2. The summed E-state index contributed by atoms with van der Waals surface area (Å²) in [7, 11) is 0. The molecule has 0 amide bonds. The molecule has 0 bridgehead atoms. The van der Waals surface area contributed by atoms with Gasteiger partial charge < -0.3 is 4.90 Å². The average Bonchev–Trinajstić information content (AvgIpc) is 3.57. The first kappa shape index (κ1) is 29.9. The summed E-state index contributed by atoms with van der Waals surface area (Å²) in [5.74, 6) is 0. The molecule has 0 radical (unpaired) electrons. The van der Waals surface area contributed by atoms with Crippen molar-refractivity contribution in [1.82, 2.24) is 0 Å². The maximum absolute atomic E-state index is 2.36. The molecule has 8 aromatic carbocycles. The van der Waals surface area contributed by atoms with Gasteiger partial charge in [0, 0.05) is 37.2 Å². The molecule has 1 heterocycles. The number of hydrogen-bond donors (Lipinski definition) is 0. The minimum Gasteiger partial charge on any atom is -0.311 e. The molecule has 2 heteroatoms. The van der Waals surface area contributed by atoms with Crippen LogP contribution < -0.4 is 4.90 Å². The first-order chi connectivity index (χ1) is 24.8. The maximum Gasteiger partial charge on any atom is 0.0462 e. The van der Waals surface area contributed by atoms with E-state index in [9.17, 15) is 0 Å². The van der Waals surface area contributed by atoms with Crippen molar-refractivity contribution in [3.8, 4) is 44.5 Å². The van der Waals surface area contributed by atoms with Crippen LogP contribution in [0.1, 0.15) is 0 Å². The van der Waals surface area contributed by atoms with Crippen LogP contribution in [0.25, 0.3) is 64.7 Å². The second-order valence-electron chi connectivity index (χ2n) is 12.6. The molecule has 0 saturated carbocycles. The van der Waals surface area contributed by atoms with Crippen molar-refractivity contribution < 1.29 is 0 Å². The van der Waals surface area contributed by atoms with E-state index in [0.717, 1.165) is 17.1 Å². The highest BCUT2D eigenvalue weighted by Gasteiger charge is 2.15. The van der Waals surface area contributed by atoms with E-state index in [-0.39, 0.29) is 0 Å². The first-order valence-electron chi connectivity index (χ1n) is 17.0. The Hall–Kier alpha value is -6.22. The Kier molecular flexibility index (Phi) is 7.77. The molecule has 0 aliphatic heterocycles. The molecule has 0 atom stereocenters. The highest BCUT2D eigenvalue weighted by Crippen LogP contribution is 2.40. The summed E-state index contributed by atoms with van der Waals surface area (Å²) >= 11 is 1.86. The van der Waals surface area contributed by atoms with Crippen molar-refractivity contribution >= 4 is 48.6 Å². The fourth-order valence-corrected chi connectivity index (χ4v) is 7.95. The summed E-state index contributed by atoms with van der Waals surface area (Å²) in [5, 5.41) is 2.62. The zero-order valence-electron chi connectivity index (χ0n) is 27.4. The van der Waals surface area contributed by atoms with Gasteiger partial charge in [-0.3, -0.25) is 0 Å². The van der Waals surface area contributed by atoms with E-state index in [1.807, 2.05) is 11.3 Å². The number of thiophene rings is 1. The normalized spacial score (nSPS) is 11.2. The van der Waals surface area contributed by atoms with Crippen LogP contribution in [0.15, 0.2) is 200 Å². The minimum absolute atomic E-state index is 1.11. The van der Waals surface area contributed by atoms with Crippen molar-refractivity contribution in [3.63, 3.8) is 0 Å². The van der Waals surface area contributed by atoms with Crippen LogP contribution in [0, 0.1) is 0 Å². The average molecular weight is 656 g/mol. The molecule has 236 valence electrons. The lowest BCUT2D eigenvalue weighted by Crippen LogP contribution is -2.09. The largest absolute Gasteiger partial charge is 0.311 e. The molecule has 1 aromatic heterocycles. The summed E-state index contributed by atoms with van der Waals surface area (Å²) in [6.07, 6.45) is 0. The molecule has 1 nitrogen and oxygen atoms in total. The fraction of sp³-hybridized carbons (Fsp3) is 0. The third-order valence-electron chi connectivity index (χ3n) is 9.50. The van der Waals surface area contributed by atoms with E-state index >= 15 is 0 Å². The van der Waals surface area contributed by atoms with Crippen molar-refractivity contribution in [2.24, 2.45) is 0 Å². The quantitative estimate of drug-likeness (QED) is 0.165. The van der Waals surface area contributed by atoms with Gasteiger partial charge in [0.25, 0.3) is 0 Å². The van der Waals surface area contributed by atoms with E-state index in [0.29, 0.717) is 0 Å². The van der Waals surface area contributed by atoms with Gasteiger partial charge in [0.05, 0.1) is 0 Å². The predicted octanol–water partition coefficient (Wildman–Crippen LogP) is 14.2. The Labute approximate surface area is 297 Å². The van der Waals surface area contributed by atoms with Crippen LogP contribution >= 0.6 is 11.3 Å². The SMILES string of the molecule is c1ccc(-c2ccc(N(c3ccc(-c4ccccc4)cc3)c3ccc(-c4ccc5sc6ccc(-c7ccccc7)cc6c5c4)cc3)cc2)cc1. The lowest BCUT2D eigenvalue weighted by atomic mass is 10.00. The lowest BCUT2D eigenvalue weighted by Gasteiger charge is -2.26. The Morgan fingerprint density at radius 3 is 0.900 bits per heavy atom. The summed E-state index contributed by atoms with van der Waals surface area (Å²) in [6.45, 7) is 0. The van der Waals surface area contributed by atoms with E-state index < -0.39 is 0 Å². The number of rotatable bonds is 7. The first-order valence-corrected chi connectivity index (χ1v) is 17.8. The number of anilines is 3. The molecular weight excluding hydrogens is 623 g/mol. The number of fused-ring (bicyclic) bond motifs is 3. The fourth-order valence-electron chi connectivity index (χ4n) is 6.88. The molecule has 0 saturated heterocycles. The van der Waals surface area contributed by atoms with Crippen LogP contribution in [0.2, 0.25) is 0 Å². The van der Waals surface area contributed by atoms with Gasteiger partial charge in [-0.15, -0.1) is 11.3 Å². The van der Waals surface area contributed by atoms with Gasteiger partial charge in [-0.2, -0.15) is 0 Å². The number of benzene rings is 8. The molecule has 9 aromatic rings. The summed E-state index contributed by atoms with van der Waals surface area (Å²) < 4.78 is 2.63. The third-order valence-corrected chi connectivity index (χ3v) is 10.7. The molecule has 50 heavy (non-hydrogen) atoms. The number of nitrogens with zero attached hydrogens (tertiary/aromatic N) is 1. The van der Waals surface area contributed by atoms with Crippen molar-refractivity contribution in [3.05, 3.63) is 200 Å². The van der Waals surface area contributed by atoms with Gasteiger partial charge in [-0.05, 0) is 105 Å². The van der Waals surface area contributed by atoms with Gasteiger partial charge in [-0.1, -0.05) is 140 Å². The summed E-state index contributed by atoms with van der Waals surface area (Å²) in [6, 6.07) is 72.3. The third kappa shape index (κ3) is 5.77. The van der Waals surface area contributed by atoms with Crippen molar-refractivity contribution in [2.75, 3.05) is 4.90 Å². The van der Waals surface area contributed by atoms with Crippen LogP contribution in [0.5, 0.6) is 0 Å². The van der Waals surface area contributed by atoms with Gasteiger partial charge in [0.15, 0.2) is 0 Å². The summed E-state index contributed by atoms with van der Waals surface area (Å²) in [5.41, 5.74) is 13.1. The predicted molar refractivity (Wildman–Crippen MR) is 216 cm³/mol. The molecule has 0 unspecified atom stereocenters. The van der Waals surface area contributed by atoms with Crippen molar-refractivity contribution in [2.45, 2.75) is 0 Å². The van der Waals surface area contributed by atoms with Crippen LogP contribution in [0.3, 0.4) is 0 Å². The Bertz CT molecular complexity index is 2450. The molecule has 0 N–H and O–H groups in total. The van der Waals surface area contributed by atoms with Crippen LogP contribution in [-0.2, 0) is 0 Å².